The maximum Gasteiger partial charge on any atom is 0.255 e. The first kappa shape index (κ1) is 26.2. The molecule has 0 spiro atoms. The van der Waals surface area contributed by atoms with E-state index in [9.17, 15) is 18.3 Å². The quantitative estimate of drug-likeness (QED) is 0.312. The second kappa shape index (κ2) is 11.8. The Morgan fingerprint density at radius 2 is 1.80 bits per heavy atom. The first-order valence-corrected chi connectivity index (χ1v) is 12.6. The summed E-state index contributed by atoms with van der Waals surface area (Å²) < 4.78 is 33.0. The molecule has 3 aromatic rings. The molecule has 2 N–H and O–H groups in total. The van der Waals surface area contributed by atoms with E-state index in [1.165, 1.54) is 18.3 Å². The van der Waals surface area contributed by atoms with Crippen LogP contribution < -0.4 is 10.2 Å². The topological polar surface area (TPSA) is 108 Å². The monoisotopic (exact) mass is 515 g/mol. The van der Waals surface area contributed by atoms with Crippen molar-refractivity contribution in [1.29, 1.82) is 0 Å². The van der Waals surface area contributed by atoms with Crippen molar-refractivity contribution < 1.29 is 23.1 Å². The summed E-state index contributed by atoms with van der Waals surface area (Å²) in [6, 6.07) is 18.0. The summed E-state index contributed by atoms with van der Waals surface area (Å²) in [6.07, 6.45) is 1.26. The third-order valence-electron chi connectivity index (χ3n) is 4.97. The van der Waals surface area contributed by atoms with E-state index in [1.54, 1.807) is 61.5 Å². The number of nitrogens with one attached hydrogen (secondary N) is 1. The Hall–Kier alpha value is -3.40. The maximum atomic E-state index is 13.3. The lowest BCUT2D eigenvalue weighted by molar-refractivity contribution is -0.121. The molecule has 0 heterocycles. The number of hydrogen-bond acceptors (Lipinski definition) is 6. The van der Waals surface area contributed by atoms with E-state index in [0.29, 0.717) is 28.5 Å². The summed E-state index contributed by atoms with van der Waals surface area (Å²) in [5.74, 6) is -0.467. The van der Waals surface area contributed by atoms with Crippen LogP contribution in [-0.2, 0) is 21.4 Å². The molecule has 0 aliphatic carbocycles. The Bertz CT molecular complexity index is 1290. The summed E-state index contributed by atoms with van der Waals surface area (Å²) in [5.41, 5.74) is 4.23. The molecular weight excluding hydrogens is 490 g/mol. The lowest BCUT2D eigenvalue weighted by Crippen LogP contribution is -2.39. The van der Waals surface area contributed by atoms with Crippen LogP contribution in [0.2, 0.25) is 5.02 Å². The van der Waals surface area contributed by atoms with Gasteiger partial charge < -0.3 is 9.84 Å². The summed E-state index contributed by atoms with van der Waals surface area (Å²) in [6.45, 7) is 3.52. The normalized spacial score (nSPS) is 11.7. The highest BCUT2D eigenvalue weighted by Gasteiger charge is 2.27. The molecule has 0 saturated heterocycles. The number of nitrogens with zero attached hydrogens (tertiary/aromatic N) is 2. The number of carbonyl (C=O) groups is 1. The fourth-order valence-corrected chi connectivity index (χ4v) is 4.67. The smallest absolute Gasteiger partial charge is 0.255 e. The van der Waals surface area contributed by atoms with Crippen LogP contribution in [0.5, 0.6) is 11.5 Å². The van der Waals surface area contributed by atoms with Gasteiger partial charge in [0.25, 0.3) is 5.91 Å². The number of ether oxygens (including phenoxy) is 1. The fraction of sp³-hybridized carbons (Fsp3) is 0.200. The number of halogens is 1. The van der Waals surface area contributed by atoms with Crippen molar-refractivity contribution in [3.63, 3.8) is 0 Å². The number of rotatable bonds is 10. The summed E-state index contributed by atoms with van der Waals surface area (Å²) in [4.78, 5) is 12.7. The van der Waals surface area contributed by atoms with Crippen molar-refractivity contribution in [2.75, 3.05) is 13.2 Å². The standard InChI is InChI=1S/C25H26ClN3O5S/c1-3-34-23-6-4-5-20(25(23)31)15-27-28-24(30)17-29(16-19-9-11-21(26)12-10-19)35(32,33)22-13-7-18(2)8-14-22/h4-15,31H,3,16-17H2,1-2H3,(H,28,30)/b27-15-. The summed E-state index contributed by atoms with van der Waals surface area (Å²) in [7, 11) is -3.99. The molecular formula is C25H26ClN3O5S. The number of phenols is 1. The number of hydrazone groups is 1. The van der Waals surface area contributed by atoms with Crippen molar-refractivity contribution >= 4 is 33.7 Å². The van der Waals surface area contributed by atoms with Crippen molar-refractivity contribution in [3.05, 3.63) is 88.4 Å². The number of carbonyl (C=O) groups excluding carboxylic acids is 1. The molecule has 35 heavy (non-hydrogen) atoms. The molecule has 0 atom stereocenters. The number of benzene rings is 3. The first-order chi connectivity index (χ1) is 16.7. The lowest BCUT2D eigenvalue weighted by atomic mass is 10.2. The maximum absolute atomic E-state index is 13.3. The van der Waals surface area contributed by atoms with E-state index in [2.05, 4.69) is 10.5 Å². The van der Waals surface area contributed by atoms with Gasteiger partial charge in [-0.2, -0.15) is 9.41 Å². The van der Waals surface area contributed by atoms with Gasteiger partial charge in [0, 0.05) is 17.1 Å². The molecule has 1 amide bonds. The van der Waals surface area contributed by atoms with E-state index in [0.717, 1.165) is 9.87 Å². The van der Waals surface area contributed by atoms with Crippen LogP contribution in [0.4, 0.5) is 0 Å². The van der Waals surface area contributed by atoms with Crippen molar-refractivity contribution in [1.82, 2.24) is 9.73 Å². The molecule has 10 heteroatoms. The zero-order valence-corrected chi connectivity index (χ0v) is 20.9. The lowest BCUT2D eigenvalue weighted by Gasteiger charge is -2.21. The second-order valence-electron chi connectivity index (χ2n) is 7.63. The molecule has 8 nitrogen and oxygen atoms in total. The van der Waals surface area contributed by atoms with Crippen molar-refractivity contribution in [2.24, 2.45) is 5.10 Å². The Balaban J connectivity index is 1.78. The number of sulfonamides is 1. The average molecular weight is 516 g/mol. The zero-order chi connectivity index (χ0) is 25.4. The SMILES string of the molecule is CCOc1cccc(/C=N\NC(=O)CN(Cc2ccc(Cl)cc2)S(=O)(=O)c2ccc(C)cc2)c1O. The molecule has 3 rings (SSSR count). The van der Waals surface area contributed by atoms with E-state index in [1.807, 2.05) is 6.92 Å². The number of aromatic hydroxyl groups is 1. The molecule has 0 fully saturated rings. The van der Waals surface area contributed by atoms with E-state index in [-0.39, 0.29) is 17.2 Å². The third-order valence-corrected chi connectivity index (χ3v) is 7.03. The number of aryl methyl sites for hydroxylation is 1. The van der Waals surface area contributed by atoms with Gasteiger partial charge in [-0.3, -0.25) is 4.79 Å². The van der Waals surface area contributed by atoms with Gasteiger partial charge in [0.2, 0.25) is 10.0 Å². The van der Waals surface area contributed by atoms with Gasteiger partial charge in [-0.15, -0.1) is 0 Å². The Kier molecular flexibility index (Phi) is 8.86. The van der Waals surface area contributed by atoms with Crippen molar-refractivity contribution in [3.8, 4) is 11.5 Å². The number of amides is 1. The molecule has 3 aromatic carbocycles. The minimum absolute atomic E-state index is 0.0400. The second-order valence-corrected chi connectivity index (χ2v) is 10.0. The molecule has 0 aliphatic heterocycles. The number of phenolic OH excluding ortho intramolecular Hbond substituents is 1. The molecule has 0 aromatic heterocycles. The predicted molar refractivity (Wildman–Crippen MR) is 135 cm³/mol. The Morgan fingerprint density at radius 3 is 2.46 bits per heavy atom. The molecule has 0 saturated carbocycles. The van der Waals surface area contributed by atoms with Gasteiger partial charge >= 0.3 is 0 Å². The van der Waals surface area contributed by atoms with Gasteiger partial charge in [0.1, 0.15) is 0 Å². The van der Waals surface area contributed by atoms with Crippen LogP contribution in [0, 0.1) is 6.92 Å². The molecule has 184 valence electrons. The van der Waals surface area contributed by atoms with Crippen LogP contribution in [0.15, 0.2) is 76.7 Å². The van der Waals surface area contributed by atoms with Crippen LogP contribution in [-0.4, -0.2) is 43.1 Å². The predicted octanol–water partition coefficient (Wildman–Crippen LogP) is 4.09. The third kappa shape index (κ3) is 7.05. The fourth-order valence-electron chi connectivity index (χ4n) is 3.16. The van der Waals surface area contributed by atoms with E-state index in [4.69, 9.17) is 16.3 Å². The Morgan fingerprint density at radius 1 is 1.11 bits per heavy atom. The molecule has 0 bridgehead atoms. The minimum Gasteiger partial charge on any atom is -0.504 e. The van der Waals surface area contributed by atoms with Crippen LogP contribution in [0.1, 0.15) is 23.6 Å². The van der Waals surface area contributed by atoms with Crippen LogP contribution >= 0.6 is 11.6 Å². The first-order valence-electron chi connectivity index (χ1n) is 10.8. The number of para-hydroxylation sites is 1. The van der Waals surface area contributed by atoms with Gasteiger partial charge in [0.15, 0.2) is 11.5 Å². The average Bonchev–Trinajstić information content (AvgIpc) is 2.83. The molecule has 0 unspecified atom stereocenters. The zero-order valence-electron chi connectivity index (χ0n) is 19.3. The van der Waals surface area contributed by atoms with E-state index < -0.39 is 22.5 Å². The van der Waals surface area contributed by atoms with Gasteiger partial charge in [0.05, 0.1) is 24.3 Å². The van der Waals surface area contributed by atoms with Crippen LogP contribution in [0.25, 0.3) is 0 Å². The molecule has 0 radical (unpaired) electrons. The van der Waals surface area contributed by atoms with Crippen molar-refractivity contribution in [2.45, 2.75) is 25.3 Å². The summed E-state index contributed by atoms with van der Waals surface area (Å²) in [5, 5.41) is 14.6. The number of hydrogen-bond donors (Lipinski definition) is 2. The molecule has 0 aliphatic rings. The van der Waals surface area contributed by atoms with Crippen LogP contribution in [0.3, 0.4) is 0 Å². The highest BCUT2D eigenvalue weighted by molar-refractivity contribution is 7.89. The minimum atomic E-state index is -3.99. The van der Waals surface area contributed by atoms with Gasteiger partial charge in [-0.25, -0.2) is 13.8 Å². The Labute approximate surface area is 209 Å². The van der Waals surface area contributed by atoms with Gasteiger partial charge in [-0.1, -0.05) is 47.5 Å². The highest BCUT2D eigenvalue weighted by atomic mass is 35.5. The highest BCUT2D eigenvalue weighted by Crippen LogP contribution is 2.28. The van der Waals surface area contributed by atoms with E-state index >= 15 is 0 Å². The van der Waals surface area contributed by atoms with Gasteiger partial charge in [-0.05, 0) is 55.8 Å². The largest absolute Gasteiger partial charge is 0.504 e. The summed E-state index contributed by atoms with van der Waals surface area (Å²) >= 11 is 5.94.